The summed E-state index contributed by atoms with van der Waals surface area (Å²) in [5.74, 6) is -2.07. The van der Waals surface area contributed by atoms with Crippen LogP contribution in [0.3, 0.4) is 0 Å². The second-order valence-electron chi connectivity index (χ2n) is 8.49. The standard InChI is InChI=1S/C27H24FN3O3/c28-22-12-11-20(18-7-3-1-4-8-18)24-23(22)21(17-29-24)25(32)27(34)31-15-13-30(14-16-31)26(33)19-9-5-2-6-10-19/h1-3,5-7,9-12,17,29H,4,8,13-16H2. The van der Waals surface area contributed by atoms with Crippen LogP contribution in [0.2, 0.25) is 0 Å². The molecule has 5 rings (SSSR count). The van der Waals surface area contributed by atoms with Crippen LogP contribution < -0.4 is 0 Å². The van der Waals surface area contributed by atoms with Gasteiger partial charge in [-0.2, -0.15) is 0 Å². The molecule has 0 unspecified atom stereocenters. The van der Waals surface area contributed by atoms with E-state index in [9.17, 15) is 18.8 Å². The number of rotatable bonds is 4. The minimum atomic E-state index is -0.748. The van der Waals surface area contributed by atoms with Crippen LogP contribution in [-0.2, 0) is 4.79 Å². The zero-order valence-corrected chi connectivity index (χ0v) is 18.6. The Balaban J connectivity index is 1.34. The number of hydrogen-bond acceptors (Lipinski definition) is 3. The van der Waals surface area contributed by atoms with Crippen molar-refractivity contribution < 1.29 is 18.8 Å². The Hall–Kier alpha value is -4.00. The summed E-state index contributed by atoms with van der Waals surface area (Å²) < 4.78 is 14.8. The zero-order chi connectivity index (χ0) is 23.7. The predicted molar refractivity (Wildman–Crippen MR) is 128 cm³/mol. The van der Waals surface area contributed by atoms with E-state index >= 15 is 0 Å². The monoisotopic (exact) mass is 457 g/mol. The number of carbonyl (C=O) groups is 3. The minimum Gasteiger partial charge on any atom is -0.360 e. The highest BCUT2D eigenvalue weighted by atomic mass is 19.1. The van der Waals surface area contributed by atoms with E-state index in [0.717, 1.165) is 24.0 Å². The Morgan fingerprint density at radius 1 is 0.912 bits per heavy atom. The van der Waals surface area contributed by atoms with Crippen molar-refractivity contribution in [2.75, 3.05) is 26.2 Å². The fourth-order valence-electron chi connectivity index (χ4n) is 4.62. The van der Waals surface area contributed by atoms with Crippen LogP contribution in [0, 0.1) is 5.82 Å². The molecule has 7 heteroatoms. The van der Waals surface area contributed by atoms with E-state index < -0.39 is 17.5 Å². The molecule has 0 radical (unpaired) electrons. The number of ketones is 1. The van der Waals surface area contributed by atoms with Crippen molar-refractivity contribution in [3.63, 3.8) is 0 Å². The van der Waals surface area contributed by atoms with Gasteiger partial charge in [-0.1, -0.05) is 36.4 Å². The van der Waals surface area contributed by atoms with Gasteiger partial charge in [0.1, 0.15) is 5.82 Å². The van der Waals surface area contributed by atoms with Crippen molar-refractivity contribution in [2.45, 2.75) is 12.8 Å². The van der Waals surface area contributed by atoms with Crippen LogP contribution in [0.5, 0.6) is 0 Å². The number of Topliss-reactive ketones (excluding diaryl/α,β-unsaturated/α-hetero) is 1. The summed E-state index contributed by atoms with van der Waals surface area (Å²) in [5, 5.41) is 0.143. The Morgan fingerprint density at radius 3 is 2.35 bits per heavy atom. The molecule has 2 amide bonds. The number of piperazine rings is 1. The molecular formula is C27H24FN3O3. The first kappa shape index (κ1) is 21.8. The highest BCUT2D eigenvalue weighted by molar-refractivity contribution is 6.45. The van der Waals surface area contributed by atoms with Crippen molar-refractivity contribution in [3.05, 3.63) is 89.4 Å². The van der Waals surface area contributed by atoms with Crippen molar-refractivity contribution in [2.24, 2.45) is 0 Å². The minimum absolute atomic E-state index is 0.0362. The van der Waals surface area contributed by atoms with Crippen molar-refractivity contribution in [1.29, 1.82) is 0 Å². The van der Waals surface area contributed by atoms with Crippen LogP contribution in [0.4, 0.5) is 4.39 Å². The number of nitrogens with zero attached hydrogens (tertiary/aromatic N) is 2. The molecule has 172 valence electrons. The van der Waals surface area contributed by atoms with Gasteiger partial charge in [0.05, 0.1) is 11.1 Å². The van der Waals surface area contributed by atoms with Crippen LogP contribution in [0.25, 0.3) is 16.5 Å². The average Bonchev–Trinajstić information content (AvgIpc) is 3.35. The van der Waals surface area contributed by atoms with Gasteiger partial charge in [0.15, 0.2) is 0 Å². The number of halogens is 1. The molecule has 1 fully saturated rings. The summed E-state index contributed by atoms with van der Waals surface area (Å²) in [6.07, 6.45) is 9.17. The van der Waals surface area contributed by atoms with E-state index in [2.05, 4.69) is 11.1 Å². The Kier molecular flexibility index (Phi) is 5.84. The molecule has 1 aliphatic carbocycles. The fourth-order valence-corrected chi connectivity index (χ4v) is 4.62. The second-order valence-corrected chi connectivity index (χ2v) is 8.49. The van der Waals surface area contributed by atoms with Gasteiger partial charge in [-0.15, -0.1) is 0 Å². The van der Waals surface area contributed by atoms with Gasteiger partial charge in [-0.3, -0.25) is 14.4 Å². The summed E-state index contributed by atoms with van der Waals surface area (Å²) in [5.41, 5.74) is 3.04. The number of amides is 2. The van der Waals surface area contributed by atoms with Gasteiger partial charge in [0.2, 0.25) is 0 Å². The van der Waals surface area contributed by atoms with Crippen LogP contribution in [-0.4, -0.2) is 58.6 Å². The van der Waals surface area contributed by atoms with E-state index in [4.69, 9.17) is 0 Å². The van der Waals surface area contributed by atoms with Crippen LogP contribution in [0.1, 0.15) is 39.1 Å². The number of H-pyrrole nitrogens is 1. The summed E-state index contributed by atoms with van der Waals surface area (Å²) in [7, 11) is 0. The maximum atomic E-state index is 14.8. The van der Waals surface area contributed by atoms with E-state index in [-0.39, 0.29) is 29.9 Å². The molecule has 6 nitrogen and oxygen atoms in total. The first-order valence-corrected chi connectivity index (χ1v) is 11.4. The first-order valence-electron chi connectivity index (χ1n) is 11.4. The van der Waals surface area contributed by atoms with Gasteiger partial charge < -0.3 is 14.8 Å². The van der Waals surface area contributed by atoms with Crippen molar-refractivity contribution >= 4 is 34.1 Å². The van der Waals surface area contributed by atoms with Gasteiger partial charge in [0.25, 0.3) is 17.6 Å². The Bertz CT molecular complexity index is 1330. The third-order valence-corrected chi connectivity index (χ3v) is 6.46. The number of carbonyl (C=O) groups excluding carboxylic acids is 3. The highest BCUT2D eigenvalue weighted by Gasteiger charge is 2.31. The number of fused-ring (bicyclic) bond motifs is 1. The molecule has 1 aliphatic heterocycles. The Labute approximate surface area is 196 Å². The summed E-state index contributed by atoms with van der Waals surface area (Å²) in [6, 6.07) is 12.0. The smallest absolute Gasteiger partial charge is 0.295 e. The number of allylic oxidation sites excluding steroid dienone is 4. The molecule has 2 aliphatic rings. The number of benzene rings is 2. The maximum Gasteiger partial charge on any atom is 0.295 e. The van der Waals surface area contributed by atoms with E-state index in [1.54, 1.807) is 35.2 Å². The lowest BCUT2D eigenvalue weighted by Gasteiger charge is -2.34. The molecule has 1 N–H and O–H groups in total. The first-order chi connectivity index (χ1) is 16.5. The SMILES string of the molecule is O=C(C(=O)N1CCN(C(=O)c2ccccc2)CC1)c1c[nH]c2c(C3=CC=CCC3)ccc(F)c12. The van der Waals surface area contributed by atoms with E-state index in [0.29, 0.717) is 24.2 Å². The maximum absolute atomic E-state index is 14.8. The second kappa shape index (κ2) is 9.09. The summed E-state index contributed by atoms with van der Waals surface area (Å²) >= 11 is 0. The molecule has 0 spiro atoms. The largest absolute Gasteiger partial charge is 0.360 e. The molecule has 2 heterocycles. The van der Waals surface area contributed by atoms with Gasteiger partial charge in [0, 0.05) is 48.9 Å². The van der Waals surface area contributed by atoms with E-state index in [1.807, 2.05) is 18.2 Å². The number of aromatic amines is 1. The predicted octanol–water partition coefficient (Wildman–Crippen LogP) is 4.21. The lowest BCUT2D eigenvalue weighted by molar-refractivity contribution is -0.127. The van der Waals surface area contributed by atoms with Crippen LogP contribution >= 0.6 is 0 Å². The quantitative estimate of drug-likeness (QED) is 0.471. The molecule has 3 aromatic rings. The molecule has 1 saturated heterocycles. The molecule has 1 aromatic heterocycles. The summed E-state index contributed by atoms with van der Waals surface area (Å²) in [6.45, 7) is 1.17. The van der Waals surface area contributed by atoms with Crippen molar-refractivity contribution in [1.82, 2.24) is 14.8 Å². The zero-order valence-electron chi connectivity index (χ0n) is 18.6. The number of hydrogen-bond donors (Lipinski definition) is 1. The fraction of sp³-hybridized carbons (Fsp3) is 0.222. The normalized spacial score (nSPS) is 16.0. The lowest BCUT2D eigenvalue weighted by Crippen LogP contribution is -2.52. The van der Waals surface area contributed by atoms with Gasteiger partial charge in [-0.25, -0.2) is 4.39 Å². The lowest BCUT2D eigenvalue weighted by atomic mass is 9.94. The van der Waals surface area contributed by atoms with Gasteiger partial charge in [-0.05, 0) is 42.7 Å². The molecule has 0 bridgehead atoms. The third kappa shape index (κ3) is 3.94. The average molecular weight is 458 g/mol. The van der Waals surface area contributed by atoms with E-state index in [1.165, 1.54) is 17.2 Å². The molecule has 0 atom stereocenters. The number of aromatic nitrogens is 1. The molecule has 0 saturated carbocycles. The molecule has 2 aromatic carbocycles. The highest BCUT2D eigenvalue weighted by Crippen LogP contribution is 2.33. The van der Waals surface area contributed by atoms with Crippen molar-refractivity contribution in [3.8, 4) is 0 Å². The van der Waals surface area contributed by atoms with Gasteiger partial charge >= 0.3 is 0 Å². The third-order valence-electron chi connectivity index (χ3n) is 6.46. The molecular weight excluding hydrogens is 433 g/mol. The summed E-state index contributed by atoms with van der Waals surface area (Å²) in [4.78, 5) is 44.9. The number of nitrogens with one attached hydrogen (secondary N) is 1. The molecule has 34 heavy (non-hydrogen) atoms. The topological polar surface area (TPSA) is 73.5 Å². The van der Waals surface area contributed by atoms with Crippen LogP contribution in [0.15, 0.2) is 66.9 Å². The Morgan fingerprint density at radius 2 is 1.65 bits per heavy atom.